The zero-order chi connectivity index (χ0) is 13.1. The summed E-state index contributed by atoms with van der Waals surface area (Å²) in [5.74, 6) is 2.08. The van der Waals surface area contributed by atoms with E-state index < -0.39 is 0 Å². The molecule has 108 valence electrons. The maximum Gasteiger partial charge on any atom is 0.246 e. The summed E-state index contributed by atoms with van der Waals surface area (Å²) < 4.78 is 0. The fraction of sp³-hybridized carbons (Fsp3) is 0.938. The molecule has 0 aliphatic heterocycles. The monoisotopic (exact) mass is 265 g/mol. The second kappa shape index (κ2) is 6.25. The van der Waals surface area contributed by atoms with Crippen LogP contribution in [0.25, 0.3) is 0 Å². The Morgan fingerprint density at radius 1 is 0.842 bits per heavy atom. The van der Waals surface area contributed by atoms with Crippen LogP contribution >= 0.6 is 0 Å². The maximum atomic E-state index is 12.2. The van der Waals surface area contributed by atoms with Crippen LogP contribution < -0.4 is 5.48 Å². The Kier molecular flexibility index (Phi) is 4.42. The fourth-order valence-corrected chi connectivity index (χ4v) is 4.34. The average molecular weight is 265 g/mol. The van der Waals surface area contributed by atoms with Crippen LogP contribution in [-0.2, 0) is 9.63 Å². The van der Waals surface area contributed by atoms with E-state index in [2.05, 4.69) is 5.48 Å². The number of hydrogen-bond acceptors (Lipinski definition) is 2. The predicted octanol–water partition coefficient (Wildman–Crippen LogP) is 3.58. The number of hydrogen-bond donors (Lipinski definition) is 1. The van der Waals surface area contributed by atoms with Crippen molar-refractivity contribution in [3.8, 4) is 0 Å². The number of carbonyl (C=O) groups excluding carboxylic acids is 1. The number of carbonyl (C=O) groups is 1. The molecule has 3 fully saturated rings. The Morgan fingerprint density at radius 3 is 2.32 bits per heavy atom. The van der Waals surface area contributed by atoms with Crippen molar-refractivity contribution in [1.29, 1.82) is 0 Å². The van der Waals surface area contributed by atoms with Crippen molar-refractivity contribution >= 4 is 5.91 Å². The lowest BCUT2D eigenvalue weighted by atomic mass is 9.67. The van der Waals surface area contributed by atoms with Crippen LogP contribution in [0.3, 0.4) is 0 Å². The van der Waals surface area contributed by atoms with Crippen LogP contribution in [-0.4, -0.2) is 12.0 Å². The van der Waals surface area contributed by atoms with E-state index in [1.165, 1.54) is 44.9 Å². The van der Waals surface area contributed by atoms with E-state index in [1.54, 1.807) is 0 Å². The lowest BCUT2D eigenvalue weighted by Gasteiger charge is -2.38. The van der Waals surface area contributed by atoms with Gasteiger partial charge in [-0.05, 0) is 43.9 Å². The summed E-state index contributed by atoms with van der Waals surface area (Å²) in [7, 11) is 0. The van der Waals surface area contributed by atoms with Crippen molar-refractivity contribution in [2.24, 2.45) is 17.8 Å². The summed E-state index contributed by atoms with van der Waals surface area (Å²) in [5, 5.41) is 0. The summed E-state index contributed by atoms with van der Waals surface area (Å²) in [6.07, 6.45) is 13.9. The second-order valence-electron chi connectivity index (χ2n) is 6.81. The van der Waals surface area contributed by atoms with Gasteiger partial charge in [-0.25, -0.2) is 5.48 Å². The van der Waals surface area contributed by atoms with Crippen LogP contribution in [0, 0.1) is 17.8 Å². The molecular weight excluding hydrogens is 238 g/mol. The molecule has 3 saturated carbocycles. The highest BCUT2D eigenvalue weighted by Crippen LogP contribution is 2.42. The average Bonchev–Trinajstić information content (AvgIpc) is 2.97. The molecule has 0 bridgehead atoms. The van der Waals surface area contributed by atoms with E-state index in [0.29, 0.717) is 0 Å². The third-order valence-electron chi connectivity index (χ3n) is 5.54. The van der Waals surface area contributed by atoms with Crippen LogP contribution in [0.4, 0.5) is 0 Å². The van der Waals surface area contributed by atoms with Crippen molar-refractivity contribution < 1.29 is 9.63 Å². The van der Waals surface area contributed by atoms with Crippen molar-refractivity contribution in [3.05, 3.63) is 0 Å². The van der Waals surface area contributed by atoms with E-state index in [1.807, 2.05) is 0 Å². The third-order valence-corrected chi connectivity index (χ3v) is 5.54. The van der Waals surface area contributed by atoms with Crippen LogP contribution in [0.5, 0.6) is 0 Å². The van der Waals surface area contributed by atoms with E-state index in [9.17, 15) is 4.79 Å². The molecule has 0 aromatic rings. The number of nitrogens with one attached hydrogen (secondary N) is 1. The van der Waals surface area contributed by atoms with Gasteiger partial charge >= 0.3 is 0 Å². The first-order valence-electron chi connectivity index (χ1n) is 8.28. The van der Waals surface area contributed by atoms with Gasteiger partial charge in [-0.2, -0.15) is 0 Å². The molecule has 0 aromatic carbocycles. The van der Waals surface area contributed by atoms with Gasteiger partial charge in [0.1, 0.15) is 0 Å². The van der Waals surface area contributed by atoms with Gasteiger partial charge in [-0.3, -0.25) is 9.63 Å². The topological polar surface area (TPSA) is 38.3 Å². The van der Waals surface area contributed by atoms with Gasteiger partial charge in [-0.15, -0.1) is 0 Å². The first-order chi connectivity index (χ1) is 9.33. The highest BCUT2D eigenvalue weighted by atomic mass is 16.7. The molecule has 3 unspecified atom stereocenters. The van der Waals surface area contributed by atoms with Gasteiger partial charge in [0.15, 0.2) is 0 Å². The molecule has 3 aliphatic rings. The summed E-state index contributed by atoms with van der Waals surface area (Å²) in [6, 6.07) is 0. The van der Waals surface area contributed by atoms with E-state index in [0.717, 1.165) is 37.5 Å². The van der Waals surface area contributed by atoms with Crippen LogP contribution in [0.2, 0.25) is 0 Å². The van der Waals surface area contributed by atoms with Gasteiger partial charge in [0, 0.05) is 5.92 Å². The second-order valence-corrected chi connectivity index (χ2v) is 6.81. The quantitative estimate of drug-likeness (QED) is 0.792. The Bertz CT molecular complexity index is 312. The molecule has 0 saturated heterocycles. The van der Waals surface area contributed by atoms with E-state index >= 15 is 0 Å². The Morgan fingerprint density at radius 2 is 1.53 bits per heavy atom. The molecule has 1 amide bonds. The largest absolute Gasteiger partial charge is 0.272 e. The Hall–Kier alpha value is -0.570. The minimum atomic E-state index is 0.149. The lowest BCUT2D eigenvalue weighted by molar-refractivity contribution is -0.144. The van der Waals surface area contributed by atoms with Gasteiger partial charge in [0.2, 0.25) is 5.91 Å². The maximum absolute atomic E-state index is 12.2. The van der Waals surface area contributed by atoms with Crippen molar-refractivity contribution in [2.45, 2.75) is 76.7 Å². The molecule has 3 atom stereocenters. The van der Waals surface area contributed by atoms with Crippen molar-refractivity contribution in [2.75, 3.05) is 0 Å². The molecule has 0 radical (unpaired) electrons. The highest BCUT2D eigenvalue weighted by Gasteiger charge is 2.35. The summed E-state index contributed by atoms with van der Waals surface area (Å²) in [6.45, 7) is 0. The van der Waals surface area contributed by atoms with Gasteiger partial charge in [0.25, 0.3) is 0 Å². The van der Waals surface area contributed by atoms with E-state index in [4.69, 9.17) is 4.84 Å². The molecule has 0 heterocycles. The lowest BCUT2D eigenvalue weighted by Crippen LogP contribution is -2.38. The highest BCUT2D eigenvalue weighted by molar-refractivity contribution is 5.77. The number of rotatable bonds is 3. The van der Waals surface area contributed by atoms with Gasteiger partial charge in [-0.1, -0.05) is 38.5 Å². The molecule has 3 rings (SSSR count). The van der Waals surface area contributed by atoms with Gasteiger partial charge in [0.05, 0.1) is 6.10 Å². The fourth-order valence-electron chi connectivity index (χ4n) is 4.34. The smallest absolute Gasteiger partial charge is 0.246 e. The zero-order valence-corrected chi connectivity index (χ0v) is 11.9. The van der Waals surface area contributed by atoms with Gasteiger partial charge < -0.3 is 0 Å². The number of fused-ring (bicyclic) bond motifs is 1. The predicted molar refractivity (Wildman–Crippen MR) is 74.3 cm³/mol. The third kappa shape index (κ3) is 3.31. The molecule has 1 N–H and O–H groups in total. The first kappa shape index (κ1) is 13.4. The first-order valence-corrected chi connectivity index (χ1v) is 8.28. The SMILES string of the molecule is O=C(NOC1CCCC1)C1CCC2CCCCC2C1. The molecule has 3 aliphatic carbocycles. The molecule has 0 aromatic heterocycles. The minimum Gasteiger partial charge on any atom is -0.272 e. The van der Waals surface area contributed by atoms with E-state index in [-0.39, 0.29) is 17.9 Å². The molecule has 3 heteroatoms. The Balaban J connectivity index is 1.44. The number of amides is 1. The molecular formula is C16H27NO2. The van der Waals surface area contributed by atoms with Crippen LogP contribution in [0.15, 0.2) is 0 Å². The molecule has 19 heavy (non-hydrogen) atoms. The standard InChI is InChI=1S/C16H27NO2/c18-16(17-19-15-7-3-4-8-15)14-10-9-12-5-1-2-6-13(12)11-14/h12-15H,1-11H2,(H,17,18). The number of hydroxylamine groups is 1. The van der Waals surface area contributed by atoms with Crippen molar-refractivity contribution in [1.82, 2.24) is 5.48 Å². The summed E-state index contributed by atoms with van der Waals surface area (Å²) >= 11 is 0. The molecule has 3 nitrogen and oxygen atoms in total. The normalized spacial score (nSPS) is 35.9. The zero-order valence-electron chi connectivity index (χ0n) is 11.9. The molecule has 0 spiro atoms. The summed E-state index contributed by atoms with van der Waals surface area (Å²) in [4.78, 5) is 17.7. The summed E-state index contributed by atoms with van der Waals surface area (Å²) in [5.41, 5.74) is 2.75. The van der Waals surface area contributed by atoms with Crippen molar-refractivity contribution in [3.63, 3.8) is 0 Å². The Labute approximate surface area is 116 Å². The minimum absolute atomic E-state index is 0.149. The van der Waals surface area contributed by atoms with Crippen LogP contribution in [0.1, 0.15) is 70.6 Å².